The van der Waals surface area contributed by atoms with Crippen molar-refractivity contribution in [2.75, 3.05) is 19.6 Å². The lowest BCUT2D eigenvalue weighted by atomic mass is 9.89. The Morgan fingerprint density at radius 2 is 1.84 bits per heavy atom. The first-order chi connectivity index (χ1) is 8.49. The van der Waals surface area contributed by atoms with Gasteiger partial charge in [0.1, 0.15) is 0 Å². The van der Waals surface area contributed by atoms with Gasteiger partial charge in [-0.05, 0) is 52.0 Å². The minimum atomic E-state index is -3.27. The van der Waals surface area contributed by atoms with Gasteiger partial charge < -0.3 is 5.32 Å². The second kappa shape index (κ2) is 7.22. The third kappa shape index (κ3) is 4.56. The van der Waals surface area contributed by atoms with E-state index >= 15 is 0 Å². The first-order valence-corrected chi connectivity index (χ1v) is 8.44. The smallest absolute Gasteiger partial charge is 0.279 e. The molecule has 114 valence electrons. The SMILES string of the molecule is CC(C)NS(=O)(=O)N1CCC(C2CCCN2)CC1.Cl. The number of rotatable bonds is 4. The van der Waals surface area contributed by atoms with Crippen molar-refractivity contribution in [1.82, 2.24) is 14.3 Å². The lowest BCUT2D eigenvalue weighted by molar-refractivity contribution is 0.232. The summed E-state index contributed by atoms with van der Waals surface area (Å²) in [6, 6.07) is 0.581. The summed E-state index contributed by atoms with van der Waals surface area (Å²) in [6.07, 6.45) is 4.48. The van der Waals surface area contributed by atoms with E-state index < -0.39 is 10.2 Å². The van der Waals surface area contributed by atoms with Crippen LogP contribution in [0.25, 0.3) is 0 Å². The van der Waals surface area contributed by atoms with Gasteiger partial charge >= 0.3 is 0 Å². The first-order valence-electron chi connectivity index (χ1n) is 7.00. The summed E-state index contributed by atoms with van der Waals surface area (Å²) >= 11 is 0. The fourth-order valence-electron chi connectivity index (χ4n) is 3.00. The molecule has 1 atom stereocenters. The molecular weight excluding hydrogens is 286 g/mol. The van der Waals surface area contributed by atoms with Crippen molar-refractivity contribution < 1.29 is 8.42 Å². The van der Waals surface area contributed by atoms with Crippen molar-refractivity contribution in [2.24, 2.45) is 5.92 Å². The zero-order valence-electron chi connectivity index (χ0n) is 11.8. The number of hydrogen-bond donors (Lipinski definition) is 2. The quantitative estimate of drug-likeness (QED) is 0.818. The van der Waals surface area contributed by atoms with Crippen molar-refractivity contribution >= 4 is 22.6 Å². The highest BCUT2D eigenvalue weighted by molar-refractivity contribution is 7.87. The fraction of sp³-hybridized carbons (Fsp3) is 1.00. The van der Waals surface area contributed by atoms with Gasteiger partial charge in [-0.15, -0.1) is 12.4 Å². The Bertz CT molecular complexity index is 361. The number of halogens is 1. The summed E-state index contributed by atoms with van der Waals surface area (Å²) in [4.78, 5) is 0. The second-order valence-electron chi connectivity index (χ2n) is 5.72. The maximum Gasteiger partial charge on any atom is 0.279 e. The van der Waals surface area contributed by atoms with Crippen LogP contribution in [0.3, 0.4) is 0 Å². The molecule has 0 amide bonds. The van der Waals surface area contributed by atoms with Crippen molar-refractivity contribution in [1.29, 1.82) is 0 Å². The molecule has 2 N–H and O–H groups in total. The van der Waals surface area contributed by atoms with E-state index in [0.717, 1.165) is 19.4 Å². The van der Waals surface area contributed by atoms with Gasteiger partial charge in [0, 0.05) is 25.2 Å². The summed E-state index contributed by atoms with van der Waals surface area (Å²) in [5.74, 6) is 0.651. The predicted octanol–water partition coefficient (Wildman–Crippen LogP) is 1.11. The van der Waals surface area contributed by atoms with E-state index in [0.29, 0.717) is 25.0 Å². The molecule has 5 nitrogen and oxygen atoms in total. The van der Waals surface area contributed by atoms with Gasteiger partial charge in [-0.25, -0.2) is 0 Å². The molecule has 0 bridgehead atoms. The van der Waals surface area contributed by atoms with Gasteiger partial charge in [0.2, 0.25) is 0 Å². The fourth-order valence-corrected chi connectivity index (χ4v) is 4.44. The lowest BCUT2D eigenvalue weighted by Crippen LogP contribution is -2.48. The van der Waals surface area contributed by atoms with Crippen LogP contribution in [-0.4, -0.2) is 44.4 Å². The summed E-state index contributed by atoms with van der Waals surface area (Å²) < 4.78 is 28.3. The van der Waals surface area contributed by atoms with Crippen molar-refractivity contribution in [3.8, 4) is 0 Å². The number of nitrogens with one attached hydrogen (secondary N) is 2. The maximum absolute atomic E-state index is 12.0. The van der Waals surface area contributed by atoms with Crippen LogP contribution >= 0.6 is 12.4 Å². The minimum absolute atomic E-state index is 0. The molecule has 0 saturated carbocycles. The Balaban J connectivity index is 0.00000180. The molecule has 0 aromatic heterocycles. The normalized spacial score (nSPS) is 26.6. The van der Waals surface area contributed by atoms with Crippen molar-refractivity contribution in [3.05, 3.63) is 0 Å². The molecule has 19 heavy (non-hydrogen) atoms. The lowest BCUT2D eigenvalue weighted by Gasteiger charge is -2.34. The highest BCUT2D eigenvalue weighted by Crippen LogP contribution is 2.26. The van der Waals surface area contributed by atoms with Gasteiger partial charge in [0.05, 0.1) is 0 Å². The van der Waals surface area contributed by atoms with Crippen LogP contribution in [0.1, 0.15) is 39.5 Å². The largest absolute Gasteiger partial charge is 0.314 e. The molecule has 2 rings (SSSR count). The van der Waals surface area contributed by atoms with Gasteiger partial charge in [-0.2, -0.15) is 17.4 Å². The van der Waals surface area contributed by atoms with E-state index in [9.17, 15) is 8.42 Å². The van der Waals surface area contributed by atoms with Gasteiger partial charge in [-0.1, -0.05) is 0 Å². The second-order valence-corrected chi connectivity index (χ2v) is 7.42. The molecule has 2 heterocycles. The van der Waals surface area contributed by atoms with Gasteiger partial charge in [0.25, 0.3) is 10.2 Å². The average Bonchev–Trinajstić information content (AvgIpc) is 2.81. The van der Waals surface area contributed by atoms with Crippen LogP contribution in [0.2, 0.25) is 0 Å². The molecule has 2 fully saturated rings. The molecule has 2 aliphatic heterocycles. The molecule has 0 spiro atoms. The van der Waals surface area contributed by atoms with Crippen LogP contribution in [0.15, 0.2) is 0 Å². The van der Waals surface area contributed by atoms with Gasteiger partial charge in [0.15, 0.2) is 0 Å². The zero-order chi connectivity index (χ0) is 13.2. The maximum atomic E-state index is 12.0. The summed E-state index contributed by atoms with van der Waals surface area (Å²) in [5.41, 5.74) is 0. The topological polar surface area (TPSA) is 61.4 Å². The summed E-state index contributed by atoms with van der Waals surface area (Å²) in [6.45, 7) is 6.15. The Kier molecular flexibility index (Phi) is 6.53. The molecule has 0 radical (unpaired) electrons. The Labute approximate surface area is 123 Å². The van der Waals surface area contributed by atoms with E-state index in [4.69, 9.17) is 0 Å². The van der Waals surface area contributed by atoms with E-state index in [1.54, 1.807) is 4.31 Å². The van der Waals surface area contributed by atoms with E-state index in [2.05, 4.69) is 10.0 Å². The molecule has 7 heteroatoms. The van der Waals surface area contributed by atoms with Crippen LogP contribution < -0.4 is 10.0 Å². The Morgan fingerprint density at radius 1 is 1.21 bits per heavy atom. The van der Waals surface area contributed by atoms with E-state index in [1.807, 2.05) is 13.8 Å². The minimum Gasteiger partial charge on any atom is -0.314 e. The summed E-state index contributed by atoms with van der Waals surface area (Å²) in [5, 5.41) is 3.53. The first kappa shape index (κ1) is 17.2. The van der Waals surface area contributed by atoms with Crippen LogP contribution in [0.4, 0.5) is 0 Å². The highest BCUT2D eigenvalue weighted by atomic mass is 35.5. The Hall–Kier alpha value is 0.120. The van der Waals surface area contributed by atoms with Crippen molar-refractivity contribution in [2.45, 2.75) is 51.6 Å². The Morgan fingerprint density at radius 3 is 2.32 bits per heavy atom. The van der Waals surface area contributed by atoms with Crippen LogP contribution in [0.5, 0.6) is 0 Å². The standard InChI is InChI=1S/C12H25N3O2S.ClH/c1-10(2)14-18(16,17)15-8-5-11(6-9-15)12-4-3-7-13-12;/h10-14H,3-9H2,1-2H3;1H. The number of nitrogens with zero attached hydrogens (tertiary/aromatic N) is 1. The molecule has 0 aromatic carbocycles. The molecule has 0 aromatic rings. The van der Waals surface area contributed by atoms with Crippen LogP contribution in [-0.2, 0) is 10.2 Å². The highest BCUT2D eigenvalue weighted by Gasteiger charge is 2.32. The molecule has 0 aliphatic carbocycles. The van der Waals surface area contributed by atoms with Crippen LogP contribution in [0, 0.1) is 5.92 Å². The van der Waals surface area contributed by atoms with E-state index in [1.165, 1.54) is 12.8 Å². The third-order valence-electron chi connectivity index (χ3n) is 3.89. The number of piperidine rings is 1. The zero-order valence-corrected chi connectivity index (χ0v) is 13.4. The van der Waals surface area contributed by atoms with Crippen molar-refractivity contribution in [3.63, 3.8) is 0 Å². The number of hydrogen-bond acceptors (Lipinski definition) is 3. The van der Waals surface area contributed by atoms with Gasteiger partial charge in [-0.3, -0.25) is 0 Å². The summed E-state index contributed by atoms with van der Waals surface area (Å²) in [7, 11) is -3.27. The molecule has 2 aliphatic rings. The van der Waals surface area contributed by atoms with E-state index in [-0.39, 0.29) is 18.4 Å². The third-order valence-corrected chi connectivity index (χ3v) is 5.70. The molecule has 1 unspecified atom stereocenters. The monoisotopic (exact) mass is 311 g/mol. The predicted molar refractivity (Wildman–Crippen MR) is 79.8 cm³/mol. The molecular formula is C12H26ClN3O2S. The average molecular weight is 312 g/mol. The molecule has 2 saturated heterocycles.